The first-order valence-corrected chi connectivity index (χ1v) is 28.3. The molecule has 5 aliphatic rings. The van der Waals surface area contributed by atoms with Crippen molar-refractivity contribution in [1.29, 1.82) is 0 Å². The quantitative estimate of drug-likeness (QED) is 0.0641. The Morgan fingerprint density at radius 1 is 0.950 bits per heavy atom. The van der Waals surface area contributed by atoms with Gasteiger partial charge < -0.3 is 50.3 Å². The normalized spacial score (nSPS) is 22.0. The molecule has 3 aromatic heterocycles. The number of phenols is 1. The number of β-amino-alcohol motifs (C(OH)–C–C–N with tert-alkyl or cyclic N) is 1. The number of aromatic hydroxyl groups is 1. The molecule has 2 unspecified atom stereocenters. The van der Waals surface area contributed by atoms with Crippen LogP contribution in [0.4, 0.5) is 14.6 Å². The third-order valence-corrected chi connectivity index (χ3v) is 17.1. The summed E-state index contributed by atoms with van der Waals surface area (Å²) in [5.74, 6) is -1.93. The van der Waals surface area contributed by atoms with E-state index in [-0.39, 0.29) is 83.7 Å². The molecule has 2 bridgehead atoms. The number of aryl methyl sites for hydroxylation is 2. The molecule has 6 atom stereocenters. The molecular formula is C60H73F2N11O7. The van der Waals surface area contributed by atoms with Crippen LogP contribution in [0, 0.1) is 22.5 Å². The van der Waals surface area contributed by atoms with Crippen molar-refractivity contribution in [2.24, 2.45) is 17.9 Å². The maximum absolute atomic E-state index is 17.2. The number of carbonyl (C=O) groups is 3. The van der Waals surface area contributed by atoms with Crippen molar-refractivity contribution in [2.45, 2.75) is 128 Å². The van der Waals surface area contributed by atoms with Gasteiger partial charge in [0, 0.05) is 88.2 Å². The molecule has 11 rings (SSSR count). The number of likely N-dealkylation sites (tertiary alicyclic amines) is 2. The molecule has 80 heavy (non-hydrogen) atoms. The molecule has 20 heteroatoms. The zero-order valence-electron chi connectivity index (χ0n) is 46.5. The fraction of sp³-hybridized carbons (Fsp3) is 0.517. The summed E-state index contributed by atoms with van der Waals surface area (Å²) in [7, 11) is 1.88. The van der Waals surface area contributed by atoms with Gasteiger partial charge in [-0.05, 0) is 109 Å². The molecule has 4 aliphatic heterocycles. The zero-order valence-corrected chi connectivity index (χ0v) is 46.5. The van der Waals surface area contributed by atoms with Crippen LogP contribution in [0.1, 0.15) is 96.7 Å². The van der Waals surface area contributed by atoms with Crippen molar-refractivity contribution < 1.29 is 42.9 Å². The van der Waals surface area contributed by atoms with Gasteiger partial charge in [-0.3, -0.25) is 24.0 Å². The maximum atomic E-state index is 17.2. The first kappa shape index (κ1) is 55.1. The summed E-state index contributed by atoms with van der Waals surface area (Å²) in [6.45, 7) is 12.9. The van der Waals surface area contributed by atoms with E-state index in [1.807, 2.05) is 72.0 Å². The Morgan fingerprint density at radius 3 is 2.36 bits per heavy atom. The lowest BCUT2D eigenvalue weighted by Crippen LogP contribution is -2.58. The number of rotatable bonds is 17. The number of phenolic OH excluding ortho intramolecular Hbond substituents is 1. The van der Waals surface area contributed by atoms with Crippen LogP contribution in [0.25, 0.3) is 44.2 Å². The van der Waals surface area contributed by atoms with E-state index in [0.29, 0.717) is 66.5 Å². The maximum Gasteiger partial charge on any atom is 0.319 e. The number of fused-ring (bicyclic) bond motifs is 4. The van der Waals surface area contributed by atoms with Crippen LogP contribution in [0.3, 0.4) is 0 Å². The van der Waals surface area contributed by atoms with Gasteiger partial charge in [-0.2, -0.15) is 15.1 Å². The lowest BCUT2D eigenvalue weighted by molar-refractivity contribution is -0.145. The Morgan fingerprint density at radius 2 is 1.69 bits per heavy atom. The molecule has 18 nitrogen and oxygen atoms in total. The third kappa shape index (κ3) is 11.4. The number of piperazine rings is 1. The van der Waals surface area contributed by atoms with E-state index in [1.54, 1.807) is 29.2 Å². The number of nitrogens with zero attached hydrogens (tertiary/aromatic N) is 8. The van der Waals surface area contributed by atoms with E-state index in [4.69, 9.17) is 19.4 Å². The van der Waals surface area contributed by atoms with Crippen molar-refractivity contribution in [3.05, 3.63) is 89.8 Å². The number of piperidine rings is 1. The van der Waals surface area contributed by atoms with Crippen LogP contribution in [0.5, 0.6) is 11.8 Å². The summed E-state index contributed by atoms with van der Waals surface area (Å²) in [5, 5.41) is 36.9. The summed E-state index contributed by atoms with van der Waals surface area (Å²) in [6.07, 6.45) is 8.01. The molecule has 4 saturated heterocycles. The Balaban J connectivity index is 0.703. The zero-order chi connectivity index (χ0) is 56.2. The predicted molar refractivity (Wildman–Crippen MR) is 299 cm³/mol. The van der Waals surface area contributed by atoms with Crippen LogP contribution >= 0.6 is 0 Å². The van der Waals surface area contributed by atoms with Crippen molar-refractivity contribution in [1.82, 2.24) is 50.5 Å². The fourth-order valence-corrected chi connectivity index (χ4v) is 12.5. The topological polar surface area (TPSA) is 212 Å². The fourth-order valence-electron chi connectivity index (χ4n) is 12.5. The Hall–Kier alpha value is -6.87. The number of hydrogen-bond acceptors (Lipinski definition) is 14. The molecule has 7 heterocycles. The second-order valence-corrected chi connectivity index (χ2v) is 24.1. The molecule has 1 aliphatic carbocycles. The largest absolute Gasteiger partial charge is 0.508 e. The van der Waals surface area contributed by atoms with Crippen LogP contribution in [0.2, 0.25) is 0 Å². The Bertz CT molecular complexity index is 3290. The van der Waals surface area contributed by atoms with Crippen molar-refractivity contribution in [3.63, 3.8) is 0 Å². The minimum Gasteiger partial charge on any atom is -0.508 e. The highest BCUT2D eigenvalue weighted by Gasteiger charge is 2.47. The van der Waals surface area contributed by atoms with Crippen molar-refractivity contribution >= 4 is 45.2 Å². The third-order valence-electron chi connectivity index (χ3n) is 17.1. The van der Waals surface area contributed by atoms with Gasteiger partial charge >= 0.3 is 6.01 Å². The van der Waals surface area contributed by atoms with E-state index in [2.05, 4.69) is 35.8 Å². The van der Waals surface area contributed by atoms with E-state index in [0.717, 1.165) is 62.1 Å². The second-order valence-electron chi connectivity index (χ2n) is 24.1. The lowest BCUT2D eigenvalue weighted by Gasteiger charge is -2.36. The molecule has 5 fully saturated rings. The predicted octanol–water partition coefficient (Wildman–Crippen LogP) is 6.74. The van der Waals surface area contributed by atoms with E-state index in [1.165, 1.54) is 17.0 Å². The van der Waals surface area contributed by atoms with E-state index >= 15 is 8.78 Å². The summed E-state index contributed by atoms with van der Waals surface area (Å²) >= 11 is 0. The van der Waals surface area contributed by atoms with Gasteiger partial charge in [0.05, 0.1) is 35.9 Å². The van der Waals surface area contributed by atoms with Gasteiger partial charge in [-0.15, -0.1) is 0 Å². The number of hydrogen-bond donors (Lipinski definition) is 5. The molecule has 424 valence electrons. The highest BCUT2D eigenvalue weighted by molar-refractivity contribution is 6.02. The summed E-state index contributed by atoms with van der Waals surface area (Å²) in [5.41, 5.74) is 2.62. The van der Waals surface area contributed by atoms with Gasteiger partial charge in [0.1, 0.15) is 47.3 Å². The average molecular weight is 1100 g/mol. The smallest absolute Gasteiger partial charge is 0.319 e. The second kappa shape index (κ2) is 22.2. The van der Waals surface area contributed by atoms with Crippen LogP contribution in [0.15, 0.2) is 67.0 Å². The molecular weight excluding hydrogens is 1020 g/mol. The molecule has 6 aromatic rings. The molecule has 0 radical (unpaired) electrons. The lowest BCUT2D eigenvalue weighted by atomic mass is 9.85. The van der Waals surface area contributed by atoms with E-state index in [9.17, 15) is 24.6 Å². The number of amides is 3. The van der Waals surface area contributed by atoms with Crippen LogP contribution in [-0.2, 0) is 32.6 Å². The molecule has 5 N–H and O–H groups in total. The number of aromatic nitrogens is 5. The highest BCUT2D eigenvalue weighted by Crippen LogP contribution is 2.47. The van der Waals surface area contributed by atoms with Gasteiger partial charge in [0.2, 0.25) is 17.7 Å². The van der Waals surface area contributed by atoms with Gasteiger partial charge in [-0.1, -0.05) is 58.0 Å². The molecule has 3 amide bonds. The number of pyridine rings is 1. The summed E-state index contributed by atoms with van der Waals surface area (Å²) in [6, 6.07) is 14.0. The van der Waals surface area contributed by atoms with Crippen LogP contribution < -0.4 is 25.6 Å². The summed E-state index contributed by atoms with van der Waals surface area (Å²) in [4.78, 5) is 62.0. The molecule has 1 saturated carbocycles. The Labute approximate surface area is 464 Å². The van der Waals surface area contributed by atoms with Crippen molar-refractivity contribution in [2.75, 3.05) is 57.4 Å². The van der Waals surface area contributed by atoms with E-state index < -0.39 is 47.1 Å². The number of halogens is 2. The van der Waals surface area contributed by atoms with Crippen LogP contribution in [-0.4, -0.2) is 151 Å². The minimum atomic E-state index is -0.987. The number of benzene rings is 3. The first-order valence-electron chi connectivity index (χ1n) is 28.3. The number of anilines is 1. The number of aliphatic hydroxyl groups excluding tert-OH is 1. The standard InChI is InChI=1S/C60H73F2N11O7/c1-7-43-46(61)15-12-37-24-40(74)25-44(50(37)43)52-51(62)53-45(27-63-52)55(72-28-38-13-14-39(29-72)66-38)69-58(68-53)80-33-60(19-20-60)32-71-22-17-42(18-23-71)79-31-49(76)67-54(59(3,4)5)57(78)73-30-41(75)26-48(73)56(77)65-34(2)35-8-10-36(11-9-35)47-16-21-64-70(47)6/h8-12,15-16,21,24-25,27,34,38-39,41-42,48,54,66,74-75H,7,13-14,17-20,22-23,26,28-33H2,1-6H3,(H,65,77)(H,67,76)/t34-,38?,39?,41+,48-,54+/m0/s1. The highest BCUT2D eigenvalue weighted by atomic mass is 19.1. The molecule has 3 aromatic carbocycles. The molecule has 0 spiro atoms. The van der Waals surface area contributed by atoms with Gasteiger partial charge in [0.15, 0.2) is 5.82 Å². The summed E-state index contributed by atoms with van der Waals surface area (Å²) < 4.78 is 46.9. The minimum absolute atomic E-state index is 0.0326. The number of aliphatic hydroxyl groups is 1. The number of nitrogens with one attached hydrogen (secondary N) is 3. The Kier molecular flexibility index (Phi) is 15.3. The average Bonchev–Trinajstić information content (AvgIpc) is 3.82. The SMILES string of the molecule is CCc1c(F)ccc2cc(O)cc(-c3ncc4c(N5CC6CCC(C5)N6)nc(OCC5(CN6CCC(OCC(=O)N[C@H](C(=O)N7C[C@H](O)C[C@H]7C(=O)N[C@@H](C)c7ccc(-c8ccnn8C)cc7)C(C)(C)C)CC6)CC5)nc4c3F)c12. The van der Waals surface area contributed by atoms with Crippen molar-refractivity contribution in [3.8, 4) is 34.3 Å². The first-order chi connectivity index (χ1) is 38.3. The van der Waals surface area contributed by atoms with Gasteiger partial charge in [0.25, 0.3) is 0 Å². The monoisotopic (exact) mass is 1100 g/mol. The number of carbonyl (C=O) groups excluding carboxylic acids is 3. The number of ether oxygens (including phenoxy) is 2. The van der Waals surface area contributed by atoms with Gasteiger partial charge in [-0.25, -0.2) is 8.78 Å².